The number of rotatable bonds is 2. The van der Waals surface area contributed by atoms with Crippen molar-refractivity contribution >= 4 is 6.03 Å². The number of piperidine rings is 1. The van der Waals surface area contributed by atoms with E-state index in [0.717, 1.165) is 25.9 Å². The SMILES string of the molecule is O=C(NCC1(O)CCOCC1)N1CCCCC1. The molecule has 98 valence electrons. The van der Waals surface area contributed by atoms with Crippen molar-refractivity contribution in [3.8, 4) is 0 Å². The van der Waals surface area contributed by atoms with E-state index in [9.17, 15) is 9.90 Å². The minimum atomic E-state index is -0.774. The van der Waals surface area contributed by atoms with E-state index < -0.39 is 5.60 Å². The van der Waals surface area contributed by atoms with E-state index in [1.165, 1.54) is 6.42 Å². The van der Waals surface area contributed by atoms with Gasteiger partial charge in [0.05, 0.1) is 5.60 Å². The van der Waals surface area contributed by atoms with Gasteiger partial charge in [-0.1, -0.05) is 0 Å². The fraction of sp³-hybridized carbons (Fsp3) is 0.917. The number of nitrogens with one attached hydrogen (secondary N) is 1. The molecule has 0 unspecified atom stereocenters. The molecule has 2 saturated heterocycles. The van der Waals surface area contributed by atoms with Gasteiger partial charge in [-0.05, 0) is 19.3 Å². The van der Waals surface area contributed by atoms with Crippen LogP contribution in [-0.2, 0) is 4.74 Å². The molecule has 0 spiro atoms. The van der Waals surface area contributed by atoms with E-state index in [-0.39, 0.29) is 6.03 Å². The van der Waals surface area contributed by atoms with Crippen molar-refractivity contribution in [2.24, 2.45) is 0 Å². The van der Waals surface area contributed by atoms with E-state index in [2.05, 4.69) is 5.32 Å². The number of carbonyl (C=O) groups excluding carboxylic acids is 1. The van der Waals surface area contributed by atoms with Crippen molar-refractivity contribution in [1.82, 2.24) is 10.2 Å². The quantitative estimate of drug-likeness (QED) is 0.750. The molecule has 2 heterocycles. The Labute approximate surface area is 102 Å². The molecule has 0 aromatic carbocycles. The van der Waals surface area contributed by atoms with Crippen LogP contribution in [0.5, 0.6) is 0 Å². The number of hydrogen-bond acceptors (Lipinski definition) is 3. The van der Waals surface area contributed by atoms with Gasteiger partial charge in [-0.25, -0.2) is 4.79 Å². The van der Waals surface area contributed by atoms with Crippen LogP contribution < -0.4 is 5.32 Å². The molecule has 0 bridgehead atoms. The summed E-state index contributed by atoms with van der Waals surface area (Å²) in [5.41, 5.74) is -0.774. The predicted octanol–water partition coefficient (Wildman–Crippen LogP) is 0.723. The van der Waals surface area contributed by atoms with Gasteiger partial charge in [-0.15, -0.1) is 0 Å². The fourth-order valence-corrected chi connectivity index (χ4v) is 2.38. The van der Waals surface area contributed by atoms with Crippen LogP contribution in [0.15, 0.2) is 0 Å². The summed E-state index contributed by atoms with van der Waals surface area (Å²) in [6.07, 6.45) is 4.60. The standard InChI is InChI=1S/C12H22N2O3/c15-11(14-6-2-1-3-7-14)13-10-12(16)4-8-17-9-5-12/h16H,1-10H2,(H,13,15). The summed E-state index contributed by atoms with van der Waals surface area (Å²) in [7, 11) is 0. The number of ether oxygens (including phenoxy) is 1. The van der Waals surface area contributed by atoms with Gasteiger partial charge in [-0.2, -0.15) is 0 Å². The highest BCUT2D eigenvalue weighted by Gasteiger charge is 2.30. The lowest BCUT2D eigenvalue weighted by molar-refractivity contribution is -0.0605. The van der Waals surface area contributed by atoms with Gasteiger partial charge >= 0.3 is 6.03 Å². The van der Waals surface area contributed by atoms with E-state index in [1.54, 1.807) is 0 Å². The summed E-state index contributed by atoms with van der Waals surface area (Å²) in [6.45, 7) is 3.18. The molecule has 2 N–H and O–H groups in total. The number of carbonyl (C=O) groups is 1. The van der Waals surface area contributed by atoms with Crippen molar-refractivity contribution in [3.05, 3.63) is 0 Å². The molecular weight excluding hydrogens is 220 g/mol. The summed E-state index contributed by atoms with van der Waals surface area (Å²) >= 11 is 0. The molecule has 2 fully saturated rings. The van der Waals surface area contributed by atoms with E-state index in [1.807, 2.05) is 4.90 Å². The zero-order valence-electron chi connectivity index (χ0n) is 10.3. The maximum absolute atomic E-state index is 11.9. The minimum Gasteiger partial charge on any atom is -0.388 e. The van der Waals surface area contributed by atoms with Crippen LogP contribution in [0.25, 0.3) is 0 Å². The normalized spacial score (nSPS) is 24.4. The van der Waals surface area contributed by atoms with Gasteiger partial charge in [0, 0.05) is 45.7 Å². The van der Waals surface area contributed by atoms with Gasteiger partial charge in [0.1, 0.15) is 0 Å². The van der Waals surface area contributed by atoms with Crippen LogP contribution >= 0.6 is 0 Å². The number of nitrogens with zero attached hydrogens (tertiary/aromatic N) is 1. The van der Waals surface area contributed by atoms with Gasteiger partial charge in [0.2, 0.25) is 0 Å². The fourth-order valence-electron chi connectivity index (χ4n) is 2.38. The van der Waals surface area contributed by atoms with Crippen molar-refractivity contribution in [2.75, 3.05) is 32.8 Å². The average molecular weight is 242 g/mol. The first kappa shape index (κ1) is 12.6. The second-order valence-corrected chi connectivity index (χ2v) is 5.04. The van der Waals surface area contributed by atoms with Gasteiger partial charge in [0.25, 0.3) is 0 Å². The summed E-state index contributed by atoms with van der Waals surface area (Å²) < 4.78 is 5.20. The Morgan fingerprint density at radius 2 is 1.88 bits per heavy atom. The van der Waals surface area contributed by atoms with Crippen LogP contribution in [0.3, 0.4) is 0 Å². The van der Waals surface area contributed by atoms with Crippen molar-refractivity contribution in [3.63, 3.8) is 0 Å². The molecule has 0 saturated carbocycles. The molecule has 5 heteroatoms. The van der Waals surface area contributed by atoms with Crippen LogP contribution in [0.4, 0.5) is 4.79 Å². The Morgan fingerprint density at radius 3 is 2.53 bits per heavy atom. The summed E-state index contributed by atoms with van der Waals surface area (Å²) in [5, 5.41) is 13.0. The Kier molecular flexibility index (Phi) is 4.23. The predicted molar refractivity (Wildman–Crippen MR) is 63.8 cm³/mol. The number of likely N-dealkylation sites (tertiary alicyclic amines) is 1. The molecule has 5 nitrogen and oxygen atoms in total. The Morgan fingerprint density at radius 1 is 1.24 bits per heavy atom. The lowest BCUT2D eigenvalue weighted by atomic mass is 9.94. The lowest BCUT2D eigenvalue weighted by Crippen LogP contribution is -2.50. The van der Waals surface area contributed by atoms with Gasteiger partial charge in [0.15, 0.2) is 0 Å². The molecule has 0 aromatic heterocycles. The van der Waals surface area contributed by atoms with Crippen LogP contribution in [0.2, 0.25) is 0 Å². The Balaban J connectivity index is 1.74. The topological polar surface area (TPSA) is 61.8 Å². The van der Waals surface area contributed by atoms with Gasteiger partial charge in [-0.3, -0.25) is 0 Å². The summed E-state index contributed by atoms with van der Waals surface area (Å²) in [4.78, 5) is 13.7. The lowest BCUT2D eigenvalue weighted by Gasteiger charge is -2.33. The summed E-state index contributed by atoms with van der Waals surface area (Å²) in [6, 6.07) is -0.0374. The first-order valence-corrected chi connectivity index (χ1v) is 6.53. The monoisotopic (exact) mass is 242 g/mol. The highest BCUT2D eigenvalue weighted by Crippen LogP contribution is 2.19. The molecule has 0 atom stereocenters. The number of aliphatic hydroxyl groups is 1. The highest BCUT2D eigenvalue weighted by molar-refractivity contribution is 5.74. The zero-order valence-corrected chi connectivity index (χ0v) is 10.3. The second kappa shape index (κ2) is 5.69. The molecule has 0 radical (unpaired) electrons. The van der Waals surface area contributed by atoms with Crippen LogP contribution in [0.1, 0.15) is 32.1 Å². The first-order valence-electron chi connectivity index (χ1n) is 6.53. The van der Waals surface area contributed by atoms with Crippen molar-refractivity contribution in [1.29, 1.82) is 0 Å². The third-order valence-corrected chi connectivity index (χ3v) is 3.64. The van der Waals surface area contributed by atoms with Crippen LogP contribution in [-0.4, -0.2) is 54.5 Å². The van der Waals surface area contributed by atoms with E-state index in [0.29, 0.717) is 32.6 Å². The summed E-state index contributed by atoms with van der Waals surface area (Å²) in [5.74, 6) is 0. The Bertz CT molecular complexity index is 258. The number of amides is 2. The van der Waals surface area contributed by atoms with E-state index >= 15 is 0 Å². The molecule has 2 aliphatic rings. The van der Waals surface area contributed by atoms with Crippen LogP contribution in [0, 0.1) is 0 Å². The van der Waals surface area contributed by atoms with Gasteiger partial charge < -0.3 is 20.1 Å². The zero-order chi connectivity index (χ0) is 12.1. The second-order valence-electron chi connectivity index (χ2n) is 5.04. The third kappa shape index (κ3) is 3.57. The average Bonchev–Trinajstić information content (AvgIpc) is 2.38. The van der Waals surface area contributed by atoms with E-state index in [4.69, 9.17) is 4.74 Å². The molecule has 2 rings (SSSR count). The number of hydrogen-bond donors (Lipinski definition) is 2. The maximum atomic E-state index is 11.9. The van der Waals surface area contributed by atoms with Crippen molar-refractivity contribution < 1.29 is 14.6 Å². The molecule has 0 aromatic rings. The minimum absolute atomic E-state index is 0.0374. The molecule has 2 amide bonds. The number of urea groups is 1. The highest BCUT2D eigenvalue weighted by atomic mass is 16.5. The molecular formula is C12H22N2O3. The van der Waals surface area contributed by atoms with Crippen molar-refractivity contribution in [2.45, 2.75) is 37.7 Å². The molecule has 0 aliphatic carbocycles. The smallest absolute Gasteiger partial charge is 0.317 e. The first-order chi connectivity index (χ1) is 8.20. The maximum Gasteiger partial charge on any atom is 0.317 e. The Hall–Kier alpha value is -0.810. The largest absolute Gasteiger partial charge is 0.388 e. The molecule has 2 aliphatic heterocycles. The molecule has 17 heavy (non-hydrogen) atoms. The third-order valence-electron chi connectivity index (χ3n) is 3.64.